The molecule has 0 bridgehead atoms. The smallest absolute Gasteiger partial charge is 0.267 e. The normalized spacial score (nSPS) is 12.8. The first-order chi connectivity index (χ1) is 11.2. The lowest BCUT2D eigenvalue weighted by molar-refractivity contribution is 0.182. The number of benzene rings is 1. The molecule has 1 aromatic carbocycles. The quantitative estimate of drug-likeness (QED) is 0.609. The van der Waals surface area contributed by atoms with Crippen LogP contribution < -0.4 is 14.4 Å². The molecule has 0 spiro atoms. The SMILES string of the molecule is CCN(CCCC(O)CS(=O)(=O)O)c1cc(OC)c(F)c(OC)c1. The summed E-state index contributed by atoms with van der Waals surface area (Å²) in [6, 6.07) is 3.10. The Bertz CT molecular complexity index is 612. The van der Waals surface area contributed by atoms with Gasteiger partial charge in [-0.1, -0.05) is 0 Å². The number of methoxy groups -OCH3 is 2. The first kappa shape index (κ1) is 20.5. The molecule has 1 rings (SSSR count). The van der Waals surface area contributed by atoms with Gasteiger partial charge in [-0.25, -0.2) is 0 Å². The molecule has 0 radical (unpaired) electrons. The van der Waals surface area contributed by atoms with Crippen LogP contribution in [-0.4, -0.2) is 57.2 Å². The summed E-state index contributed by atoms with van der Waals surface area (Å²) >= 11 is 0. The first-order valence-corrected chi connectivity index (χ1v) is 9.12. The van der Waals surface area contributed by atoms with Gasteiger partial charge in [-0.05, 0) is 19.8 Å². The Hall–Kier alpha value is -1.58. The van der Waals surface area contributed by atoms with Gasteiger partial charge in [0, 0.05) is 30.9 Å². The maximum Gasteiger partial charge on any atom is 0.267 e. The molecule has 9 heteroatoms. The molecule has 0 aliphatic carbocycles. The number of hydrogen-bond donors (Lipinski definition) is 2. The lowest BCUT2D eigenvalue weighted by Gasteiger charge is -2.25. The summed E-state index contributed by atoms with van der Waals surface area (Å²) in [5.41, 5.74) is 0.692. The Labute approximate surface area is 141 Å². The molecule has 24 heavy (non-hydrogen) atoms. The number of hydrogen-bond acceptors (Lipinski definition) is 6. The molecule has 0 fully saturated rings. The van der Waals surface area contributed by atoms with E-state index in [0.717, 1.165) is 0 Å². The summed E-state index contributed by atoms with van der Waals surface area (Å²) in [6.07, 6.45) is -0.422. The second-order valence-electron chi connectivity index (χ2n) is 5.29. The van der Waals surface area contributed by atoms with E-state index < -0.39 is 27.8 Å². The monoisotopic (exact) mass is 365 g/mol. The Morgan fingerprint density at radius 2 is 1.79 bits per heavy atom. The lowest BCUT2D eigenvalue weighted by Crippen LogP contribution is -2.26. The van der Waals surface area contributed by atoms with Crippen molar-refractivity contribution in [1.29, 1.82) is 0 Å². The van der Waals surface area contributed by atoms with E-state index in [2.05, 4.69) is 0 Å². The number of ether oxygens (including phenoxy) is 2. The zero-order valence-corrected chi connectivity index (χ0v) is 14.8. The van der Waals surface area contributed by atoms with E-state index in [1.165, 1.54) is 14.2 Å². The molecule has 2 N–H and O–H groups in total. The topological polar surface area (TPSA) is 96.3 Å². The molecule has 0 aromatic heterocycles. The Morgan fingerprint density at radius 1 is 1.25 bits per heavy atom. The number of halogens is 1. The van der Waals surface area contributed by atoms with Crippen LogP contribution in [0.3, 0.4) is 0 Å². The van der Waals surface area contributed by atoms with E-state index >= 15 is 0 Å². The van der Waals surface area contributed by atoms with Crippen molar-refractivity contribution in [2.45, 2.75) is 25.9 Å². The van der Waals surface area contributed by atoms with Crippen molar-refractivity contribution >= 4 is 15.8 Å². The Morgan fingerprint density at radius 3 is 2.21 bits per heavy atom. The minimum atomic E-state index is -4.19. The van der Waals surface area contributed by atoms with Crippen LogP contribution in [-0.2, 0) is 10.1 Å². The highest BCUT2D eigenvalue weighted by molar-refractivity contribution is 7.85. The first-order valence-electron chi connectivity index (χ1n) is 7.51. The van der Waals surface area contributed by atoms with Gasteiger partial charge >= 0.3 is 0 Å². The van der Waals surface area contributed by atoms with Crippen LogP contribution in [0.4, 0.5) is 10.1 Å². The average molecular weight is 365 g/mol. The fourth-order valence-electron chi connectivity index (χ4n) is 2.35. The van der Waals surface area contributed by atoms with Crippen LogP contribution >= 0.6 is 0 Å². The van der Waals surface area contributed by atoms with Crippen LogP contribution in [0.25, 0.3) is 0 Å². The van der Waals surface area contributed by atoms with Crippen LogP contribution in [0, 0.1) is 5.82 Å². The molecular weight excluding hydrogens is 341 g/mol. The number of aliphatic hydroxyl groups is 1. The van der Waals surface area contributed by atoms with Gasteiger partial charge in [0.1, 0.15) is 5.75 Å². The fraction of sp³-hybridized carbons (Fsp3) is 0.600. The molecule has 0 amide bonds. The minimum Gasteiger partial charge on any atom is -0.493 e. The Balaban J connectivity index is 2.76. The number of aliphatic hydroxyl groups excluding tert-OH is 1. The van der Waals surface area contributed by atoms with Gasteiger partial charge in [0.15, 0.2) is 11.5 Å². The van der Waals surface area contributed by atoms with Crippen molar-refractivity contribution in [2.24, 2.45) is 0 Å². The maximum absolute atomic E-state index is 14.0. The summed E-state index contributed by atoms with van der Waals surface area (Å²) < 4.78 is 54.1. The van der Waals surface area contributed by atoms with Crippen LogP contribution in [0.1, 0.15) is 19.8 Å². The van der Waals surface area contributed by atoms with Gasteiger partial charge in [-0.2, -0.15) is 12.8 Å². The van der Waals surface area contributed by atoms with Gasteiger partial charge in [0.25, 0.3) is 10.1 Å². The van der Waals surface area contributed by atoms with Gasteiger partial charge in [-0.3, -0.25) is 4.55 Å². The molecule has 1 aromatic rings. The molecule has 1 atom stereocenters. The third-order valence-electron chi connectivity index (χ3n) is 3.55. The molecular formula is C15H24FNO6S. The van der Waals surface area contributed by atoms with Gasteiger partial charge in [0.2, 0.25) is 5.82 Å². The minimum absolute atomic E-state index is 0.0641. The third kappa shape index (κ3) is 6.14. The standard InChI is InChI=1S/C15H24FNO6S/c1-4-17(7-5-6-12(18)10-24(19,20)21)11-8-13(22-2)15(16)14(9-11)23-3/h8-9,12,18H,4-7,10H2,1-3H3,(H,19,20,21). The number of rotatable bonds is 10. The van der Waals surface area contributed by atoms with Crippen molar-refractivity contribution in [3.63, 3.8) is 0 Å². The largest absolute Gasteiger partial charge is 0.493 e. The van der Waals surface area contributed by atoms with Crippen molar-refractivity contribution in [3.8, 4) is 11.5 Å². The summed E-state index contributed by atoms with van der Waals surface area (Å²) in [5.74, 6) is -1.14. The zero-order chi connectivity index (χ0) is 18.3. The summed E-state index contributed by atoms with van der Waals surface area (Å²) in [4.78, 5) is 1.92. The molecule has 0 heterocycles. The predicted molar refractivity (Wildman–Crippen MR) is 89.0 cm³/mol. The van der Waals surface area contributed by atoms with E-state index in [0.29, 0.717) is 25.2 Å². The van der Waals surface area contributed by atoms with Crippen molar-refractivity contribution in [2.75, 3.05) is 38.0 Å². The van der Waals surface area contributed by atoms with Crippen LogP contribution in [0.15, 0.2) is 12.1 Å². The predicted octanol–water partition coefficient (Wildman–Crippen LogP) is 1.70. The van der Waals surface area contributed by atoms with Gasteiger partial charge in [-0.15, -0.1) is 0 Å². The van der Waals surface area contributed by atoms with Gasteiger partial charge < -0.3 is 19.5 Å². The summed E-state index contributed by atoms with van der Waals surface area (Å²) in [5, 5.41) is 9.59. The second-order valence-corrected chi connectivity index (χ2v) is 6.79. The van der Waals surface area contributed by atoms with Crippen LogP contribution in [0.2, 0.25) is 0 Å². The van der Waals surface area contributed by atoms with Crippen molar-refractivity contribution in [1.82, 2.24) is 0 Å². The highest BCUT2D eigenvalue weighted by atomic mass is 32.2. The lowest BCUT2D eigenvalue weighted by atomic mass is 10.2. The van der Waals surface area contributed by atoms with Crippen molar-refractivity contribution in [3.05, 3.63) is 17.9 Å². The number of anilines is 1. The van der Waals surface area contributed by atoms with E-state index in [4.69, 9.17) is 14.0 Å². The molecule has 138 valence electrons. The van der Waals surface area contributed by atoms with Gasteiger partial charge in [0.05, 0.1) is 20.3 Å². The average Bonchev–Trinajstić information content (AvgIpc) is 2.50. The molecule has 0 saturated carbocycles. The highest BCUT2D eigenvalue weighted by Crippen LogP contribution is 2.33. The van der Waals surface area contributed by atoms with Crippen LogP contribution in [0.5, 0.6) is 11.5 Å². The van der Waals surface area contributed by atoms with E-state index in [9.17, 15) is 17.9 Å². The highest BCUT2D eigenvalue weighted by Gasteiger charge is 2.17. The summed E-state index contributed by atoms with van der Waals surface area (Å²) in [7, 11) is -1.46. The second kappa shape index (κ2) is 9.05. The fourth-order valence-corrected chi connectivity index (χ4v) is 3.01. The zero-order valence-electron chi connectivity index (χ0n) is 14.0. The van der Waals surface area contributed by atoms with Crippen molar-refractivity contribution < 1.29 is 31.9 Å². The third-order valence-corrected chi connectivity index (χ3v) is 4.35. The van der Waals surface area contributed by atoms with E-state index in [-0.39, 0.29) is 17.9 Å². The maximum atomic E-state index is 14.0. The molecule has 0 saturated heterocycles. The van der Waals surface area contributed by atoms with E-state index in [1.807, 2.05) is 11.8 Å². The molecule has 0 aliphatic heterocycles. The van der Waals surface area contributed by atoms with E-state index in [1.54, 1.807) is 12.1 Å². The number of nitrogens with zero attached hydrogens (tertiary/aromatic N) is 1. The summed E-state index contributed by atoms with van der Waals surface area (Å²) in [6.45, 7) is 3.04. The Kier molecular flexibility index (Phi) is 7.71. The molecule has 7 nitrogen and oxygen atoms in total. The molecule has 0 aliphatic rings. The molecule has 1 unspecified atom stereocenters.